The van der Waals surface area contributed by atoms with E-state index in [0.717, 1.165) is 18.4 Å². The fourth-order valence-corrected chi connectivity index (χ4v) is 2.78. The van der Waals surface area contributed by atoms with Crippen LogP contribution in [0.15, 0.2) is 18.2 Å². The van der Waals surface area contributed by atoms with Crippen molar-refractivity contribution in [2.24, 2.45) is 5.41 Å². The molecule has 1 saturated carbocycles. The predicted octanol–water partition coefficient (Wildman–Crippen LogP) is 3.02. The van der Waals surface area contributed by atoms with Crippen LogP contribution >= 0.6 is 11.6 Å². The highest BCUT2D eigenvalue weighted by Crippen LogP contribution is 2.37. The summed E-state index contributed by atoms with van der Waals surface area (Å²) < 4.78 is 0. The Labute approximate surface area is 123 Å². The van der Waals surface area contributed by atoms with Gasteiger partial charge in [-0.2, -0.15) is 0 Å². The van der Waals surface area contributed by atoms with Gasteiger partial charge in [0.2, 0.25) is 0 Å². The molecule has 1 aromatic rings. The van der Waals surface area contributed by atoms with Gasteiger partial charge in [0.05, 0.1) is 5.41 Å². The molecular formula is C15H18ClNO3. The molecule has 5 heteroatoms. The molecule has 0 aromatic heterocycles. The van der Waals surface area contributed by atoms with Crippen molar-refractivity contribution in [1.82, 2.24) is 5.32 Å². The van der Waals surface area contributed by atoms with E-state index in [0.29, 0.717) is 23.4 Å². The van der Waals surface area contributed by atoms with Crippen molar-refractivity contribution in [1.29, 1.82) is 0 Å². The van der Waals surface area contributed by atoms with Gasteiger partial charge in [0.25, 0.3) is 5.91 Å². The van der Waals surface area contributed by atoms with Gasteiger partial charge in [0.1, 0.15) is 0 Å². The zero-order chi connectivity index (χ0) is 14.8. The number of carbonyl (C=O) groups is 2. The maximum absolute atomic E-state index is 12.1. The number of carbonyl (C=O) groups excluding carboxylic acids is 1. The molecule has 108 valence electrons. The number of amides is 1. The van der Waals surface area contributed by atoms with E-state index >= 15 is 0 Å². The molecule has 1 aliphatic rings. The Hall–Kier alpha value is -1.55. The Bertz CT molecular complexity index is 536. The van der Waals surface area contributed by atoms with Crippen LogP contribution in [0.25, 0.3) is 0 Å². The summed E-state index contributed by atoms with van der Waals surface area (Å²) in [6.07, 6.45) is 3.05. The molecule has 0 heterocycles. The quantitative estimate of drug-likeness (QED) is 0.897. The fraction of sp³-hybridized carbons (Fsp3) is 0.467. The Balaban J connectivity index is 2.04. The van der Waals surface area contributed by atoms with E-state index in [1.807, 2.05) is 6.92 Å². The molecule has 2 N–H and O–H groups in total. The molecule has 0 bridgehead atoms. The highest BCUT2D eigenvalue weighted by molar-refractivity contribution is 6.31. The molecule has 0 radical (unpaired) electrons. The zero-order valence-corrected chi connectivity index (χ0v) is 12.2. The van der Waals surface area contributed by atoms with Crippen molar-refractivity contribution in [3.05, 3.63) is 34.3 Å². The van der Waals surface area contributed by atoms with Gasteiger partial charge in [-0.05, 0) is 37.5 Å². The van der Waals surface area contributed by atoms with Gasteiger partial charge >= 0.3 is 5.97 Å². The number of aliphatic carboxylic acids is 1. The molecule has 1 amide bonds. The lowest BCUT2D eigenvalue weighted by molar-refractivity contribution is -0.148. The highest BCUT2D eigenvalue weighted by atomic mass is 35.5. The van der Waals surface area contributed by atoms with Crippen molar-refractivity contribution in [2.75, 3.05) is 6.54 Å². The molecule has 0 spiro atoms. The minimum atomic E-state index is -0.822. The summed E-state index contributed by atoms with van der Waals surface area (Å²) in [5.74, 6) is -1.10. The maximum Gasteiger partial charge on any atom is 0.311 e. The summed E-state index contributed by atoms with van der Waals surface area (Å²) in [6, 6.07) is 5.08. The van der Waals surface area contributed by atoms with Crippen molar-refractivity contribution in [3.8, 4) is 0 Å². The third-order valence-corrected chi connectivity index (χ3v) is 4.44. The lowest BCUT2D eigenvalue weighted by Crippen LogP contribution is -2.41. The zero-order valence-electron chi connectivity index (χ0n) is 11.4. The van der Waals surface area contributed by atoms with E-state index in [4.69, 9.17) is 11.6 Å². The molecule has 1 fully saturated rings. The number of benzene rings is 1. The first kappa shape index (κ1) is 14.9. The van der Waals surface area contributed by atoms with Crippen molar-refractivity contribution < 1.29 is 14.7 Å². The Morgan fingerprint density at radius 2 is 2.00 bits per heavy atom. The van der Waals surface area contributed by atoms with Gasteiger partial charge in [-0.3, -0.25) is 9.59 Å². The van der Waals surface area contributed by atoms with Gasteiger partial charge in [-0.25, -0.2) is 0 Å². The topological polar surface area (TPSA) is 66.4 Å². The SMILES string of the molecule is Cc1ccc(C(=O)NCC2(C(=O)O)CCCC2)cc1Cl. The van der Waals surface area contributed by atoms with Crippen LogP contribution in [0.2, 0.25) is 5.02 Å². The Morgan fingerprint density at radius 3 is 2.55 bits per heavy atom. The first-order valence-electron chi connectivity index (χ1n) is 6.72. The fourth-order valence-electron chi connectivity index (χ4n) is 2.60. The first-order chi connectivity index (χ1) is 9.44. The summed E-state index contributed by atoms with van der Waals surface area (Å²) in [4.78, 5) is 23.5. The summed E-state index contributed by atoms with van der Waals surface area (Å²) in [5, 5.41) is 12.6. The van der Waals surface area contributed by atoms with Gasteiger partial charge < -0.3 is 10.4 Å². The molecule has 4 nitrogen and oxygen atoms in total. The Morgan fingerprint density at radius 1 is 1.35 bits per heavy atom. The number of hydrogen-bond donors (Lipinski definition) is 2. The molecule has 0 atom stereocenters. The maximum atomic E-state index is 12.1. The third kappa shape index (κ3) is 2.96. The smallest absolute Gasteiger partial charge is 0.311 e. The van der Waals surface area contributed by atoms with Crippen LogP contribution < -0.4 is 5.32 Å². The molecular weight excluding hydrogens is 278 g/mol. The average Bonchev–Trinajstić information content (AvgIpc) is 2.89. The number of halogens is 1. The van der Waals surface area contributed by atoms with Gasteiger partial charge in [-0.1, -0.05) is 30.5 Å². The molecule has 20 heavy (non-hydrogen) atoms. The number of carboxylic acids is 1. The summed E-state index contributed by atoms with van der Waals surface area (Å²) >= 11 is 5.99. The normalized spacial score (nSPS) is 16.9. The van der Waals surface area contributed by atoms with E-state index in [-0.39, 0.29) is 12.5 Å². The summed E-state index contributed by atoms with van der Waals surface area (Å²) in [5.41, 5.74) is 0.560. The third-order valence-electron chi connectivity index (χ3n) is 4.04. The van der Waals surface area contributed by atoms with Crippen molar-refractivity contribution in [2.45, 2.75) is 32.6 Å². The van der Waals surface area contributed by atoms with E-state index in [9.17, 15) is 14.7 Å². The van der Waals surface area contributed by atoms with Crippen LogP contribution in [0.1, 0.15) is 41.6 Å². The highest BCUT2D eigenvalue weighted by Gasteiger charge is 2.41. The van der Waals surface area contributed by atoms with Gasteiger partial charge in [0, 0.05) is 17.1 Å². The van der Waals surface area contributed by atoms with Crippen molar-refractivity contribution >= 4 is 23.5 Å². The lowest BCUT2D eigenvalue weighted by Gasteiger charge is -2.24. The molecule has 1 aliphatic carbocycles. The van der Waals surface area contributed by atoms with Crippen LogP contribution in [0.4, 0.5) is 0 Å². The van der Waals surface area contributed by atoms with E-state index in [1.54, 1.807) is 18.2 Å². The molecule has 0 unspecified atom stereocenters. The molecule has 0 saturated heterocycles. The Kier molecular flexibility index (Phi) is 4.33. The first-order valence-corrected chi connectivity index (χ1v) is 7.10. The minimum absolute atomic E-state index is 0.173. The summed E-state index contributed by atoms with van der Waals surface area (Å²) in [6.45, 7) is 2.04. The van der Waals surface area contributed by atoms with E-state index in [2.05, 4.69) is 5.32 Å². The van der Waals surface area contributed by atoms with Crippen molar-refractivity contribution in [3.63, 3.8) is 0 Å². The van der Waals surface area contributed by atoms with Gasteiger partial charge in [-0.15, -0.1) is 0 Å². The second kappa shape index (κ2) is 5.83. The van der Waals surface area contributed by atoms with E-state index in [1.165, 1.54) is 0 Å². The molecule has 1 aromatic carbocycles. The standard InChI is InChI=1S/C15H18ClNO3/c1-10-4-5-11(8-12(10)16)13(18)17-9-15(14(19)20)6-2-3-7-15/h4-5,8H,2-3,6-7,9H2,1H3,(H,17,18)(H,19,20). The number of nitrogens with one attached hydrogen (secondary N) is 1. The molecule has 0 aliphatic heterocycles. The molecule has 2 rings (SSSR count). The van der Waals surface area contributed by atoms with Crippen LogP contribution in [-0.4, -0.2) is 23.5 Å². The summed E-state index contributed by atoms with van der Waals surface area (Å²) in [7, 11) is 0. The lowest BCUT2D eigenvalue weighted by atomic mass is 9.86. The van der Waals surface area contributed by atoms with Crippen LogP contribution in [-0.2, 0) is 4.79 Å². The average molecular weight is 296 g/mol. The number of aryl methyl sites for hydroxylation is 1. The number of rotatable bonds is 4. The second-order valence-corrected chi connectivity index (χ2v) is 5.85. The predicted molar refractivity (Wildman–Crippen MR) is 77.1 cm³/mol. The van der Waals surface area contributed by atoms with Crippen LogP contribution in [0.3, 0.4) is 0 Å². The monoisotopic (exact) mass is 295 g/mol. The number of carboxylic acid groups (broad SMARTS) is 1. The number of hydrogen-bond acceptors (Lipinski definition) is 2. The largest absolute Gasteiger partial charge is 0.481 e. The second-order valence-electron chi connectivity index (χ2n) is 5.44. The van der Waals surface area contributed by atoms with Crippen LogP contribution in [0.5, 0.6) is 0 Å². The van der Waals surface area contributed by atoms with Crippen LogP contribution in [0, 0.1) is 12.3 Å². The van der Waals surface area contributed by atoms with Gasteiger partial charge in [0.15, 0.2) is 0 Å². The van der Waals surface area contributed by atoms with E-state index < -0.39 is 11.4 Å². The minimum Gasteiger partial charge on any atom is -0.481 e.